The van der Waals surface area contributed by atoms with E-state index in [1.165, 1.54) is 0 Å². The minimum atomic E-state index is -4.54. The van der Waals surface area contributed by atoms with Gasteiger partial charge in [0.15, 0.2) is 0 Å². The fraction of sp³-hybridized carbons (Fsp3) is 0.551. The molecule has 9 aliphatic carbocycles. The Hall–Kier alpha value is -13.3. The first kappa shape index (κ1) is 96.8. The van der Waals surface area contributed by atoms with Gasteiger partial charge in [0.2, 0.25) is 29.7 Å². The summed E-state index contributed by atoms with van der Waals surface area (Å²) < 4.78 is 133. The maximum absolute atomic E-state index is 14.0. The fourth-order valence-electron chi connectivity index (χ4n) is 15.1. The van der Waals surface area contributed by atoms with Crippen molar-refractivity contribution in [2.24, 2.45) is 27.1 Å². The fourth-order valence-corrected chi connectivity index (χ4v) is 15.4. The summed E-state index contributed by atoms with van der Waals surface area (Å²) in [6, 6.07) is 12.1. The van der Waals surface area contributed by atoms with Crippen molar-refractivity contribution in [1.29, 1.82) is 26.3 Å². The minimum absolute atomic E-state index is 0. The van der Waals surface area contributed by atoms with Gasteiger partial charge in [-0.1, -0.05) is 7.43 Å². The predicted molar refractivity (Wildman–Crippen MR) is 487 cm³/mol. The molecule has 0 aliphatic heterocycles. The standard InChI is InChI=1S/C19H23F2N7.C18H20F3N7.2C18H21F2N7.C15H18BrN7.CH4/c1-11-13(9-28(27-11)14-7-17(14,2)10-22)24-16-23-8-12(19(4,20)21)15(25-16)26-18(3)5-6-18;1-10-12(8-28(27-10)13-6-16(13,2)9-22)24-15-23-7-11(18(19,20)21)14(25-15)26-17(3)4-5-17;1-17(9-21)6-13(17)27-8-12(14(26-27)10-4-5-10)24-16-23-7-11(18(2,19)20)15(22-3)25-16;1-10-13(8-23-27(10)14-6-17(14,2)9-21)25-16-22-7-12(18(3,19)20)15(26-16)24-11-4-5-11;1-4-18-13-10(16)6-19-14(21-13)20-11-7-23(22-9(11)2)12-5-15(12,3)8-17;/h8-9,14H,5-7H2,1-4H3,(H2,23,24,25,26);7-8,13H,4-6H2,1-3H3,(H2,23,24,25,26);7-8,10,13H,4-6H2,1-3H3,(H2,22,23,24,25);7-8,11,14H,4-6H2,1-3H3,(H2,22,24,25,26);6-7,12H,4-5H2,1-3H3,(H2,18,19,20,21);1H4/t14-,17-;13-,16-;13-,17-;14-,17-;12-,15-;/m01110./s1. The Labute approximate surface area is 777 Å². The van der Waals surface area contributed by atoms with E-state index in [0.29, 0.717) is 41.0 Å². The Morgan fingerprint density at radius 1 is 0.425 bits per heavy atom. The van der Waals surface area contributed by atoms with Crippen LogP contribution in [0, 0.1) is 111 Å². The number of anilines is 15. The summed E-state index contributed by atoms with van der Waals surface area (Å²) in [7, 11) is 1.55. The molecule has 0 saturated heterocycles. The number of aryl methyl sites for hydroxylation is 3. The van der Waals surface area contributed by atoms with Crippen molar-refractivity contribution in [3.63, 3.8) is 0 Å². The van der Waals surface area contributed by atoms with Gasteiger partial charge in [-0.25, -0.2) is 51.3 Å². The van der Waals surface area contributed by atoms with Gasteiger partial charge in [0.1, 0.15) is 34.7 Å². The number of alkyl halides is 9. The summed E-state index contributed by atoms with van der Waals surface area (Å²) in [5.41, 5.74) is 3.56. The molecule has 9 aliphatic rings. The lowest BCUT2D eigenvalue weighted by molar-refractivity contribution is -0.137. The van der Waals surface area contributed by atoms with Gasteiger partial charge in [-0.3, -0.25) is 23.4 Å². The van der Waals surface area contributed by atoms with E-state index in [0.717, 1.165) is 174 Å². The normalized spacial score (nSPS) is 24.2. The van der Waals surface area contributed by atoms with E-state index >= 15 is 0 Å². The van der Waals surface area contributed by atoms with Crippen LogP contribution in [0.25, 0.3) is 0 Å². The molecule has 0 unspecified atom stereocenters. The molecular formula is C89H107BrF9N35. The lowest BCUT2D eigenvalue weighted by Crippen LogP contribution is -2.22. The van der Waals surface area contributed by atoms with Gasteiger partial charge in [-0.2, -0.15) is 89.9 Å². The van der Waals surface area contributed by atoms with Crippen molar-refractivity contribution >= 4 is 103 Å². The van der Waals surface area contributed by atoms with Crippen molar-refractivity contribution in [3.8, 4) is 30.3 Å². The average Bonchev–Trinajstić information content (AvgIpc) is 1.56. The van der Waals surface area contributed by atoms with Gasteiger partial charge in [0.25, 0.3) is 17.8 Å². The second kappa shape index (κ2) is 35.6. The number of rotatable bonds is 28. The van der Waals surface area contributed by atoms with Crippen molar-refractivity contribution in [2.45, 2.75) is 272 Å². The molecule has 9 fully saturated rings. The summed E-state index contributed by atoms with van der Waals surface area (Å²) in [6.07, 6.45) is 21.7. The maximum Gasteiger partial charge on any atom is 0.421 e. The molecule has 9 saturated carbocycles. The molecule has 10 heterocycles. The number of halogens is 10. The van der Waals surface area contributed by atoms with Gasteiger partial charge in [0.05, 0.1) is 172 Å². The van der Waals surface area contributed by atoms with Crippen molar-refractivity contribution in [1.82, 2.24) is 98.7 Å². The van der Waals surface area contributed by atoms with Crippen LogP contribution in [0.5, 0.6) is 0 Å². The number of nitrogens with zero attached hydrogens (tertiary/aromatic N) is 25. The van der Waals surface area contributed by atoms with Crippen LogP contribution in [0.4, 0.5) is 127 Å². The molecule has 19 rings (SSSR count). The summed E-state index contributed by atoms with van der Waals surface area (Å²) in [4.78, 5) is 41.6. The van der Waals surface area contributed by atoms with E-state index in [-0.39, 0.29) is 135 Å². The van der Waals surface area contributed by atoms with E-state index in [2.05, 4.69) is 175 Å². The molecule has 10 aromatic rings. The zero-order chi connectivity index (χ0) is 96.0. The van der Waals surface area contributed by atoms with Crippen LogP contribution in [-0.2, 0) is 23.9 Å². The third kappa shape index (κ3) is 21.7. The lowest BCUT2D eigenvalue weighted by atomic mass is 10.1. The van der Waals surface area contributed by atoms with Gasteiger partial charge < -0.3 is 53.2 Å². The molecule has 10 aromatic heterocycles. The molecule has 35 nitrogen and oxygen atoms in total. The number of nitrogens with one attached hydrogen (secondary N) is 10. The monoisotopic (exact) mass is 1920 g/mol. The van der Waals surface area contributed by atoms with Crippen LogP contribution in [0.3, 0.4) is 0 Å². The van der Waals surface area contributed by atoms with Crippen LogP contribution in [-0.4, -0.2) is 129 Å². The van der Waals surface area contributed by atoms with Crippen molar-refractivity contribution < 1.29 is 39.5 Å². The van der Waals surface area contributed by atoms with Crippen LogP contribution in [0.15, 0.2) is 66.4 Å². The molecule has 134 heavy (non-hydrogen) atoms. The number of hydrogen-bond donors (Lipinski definition) is 10. The largest absolute Gasteiger partial charge is 0.421 e. The Morgan fingerprint density at radius 3 is 1.11 bits per heavy atom. The summed E-state index contributed by atoms with van der Waals surface area (Å²) >= 11 is 3.42. The first-order valence-electron chi connectivity index (χ1n) is 43.7. The molecule has 0 bridgehead atoms. The zero-order valence-corrected chi connectivity index (χ0v) is 77.8. The minimum Gasteiger partial charge on any atom is -0.373 e. The van der Waals surface area contributed by atoms with Crippen molar-refractivity contribution in [2.75, 3.05) is 66.8 Å². The Morgan fingerprint density at radius 2 is 0.754 bits per heavy atom. The Bertz CT molecular complexity index is 6150. The SMILES string of the molecule is C.CCNc1nc(Nc2cn([C@H]3C[C@@]3(C)C#N)nc2C)ncc1Br.CNc1nc(Nc2cn([C@@H]3C[C@]3(C)C#N)nc2C2CC2)ncc1C(C)(F)F.Cc1c(Nc2ncc(C(C)(F)F)c(NC3CC3)n2)cnn1[C@@H]1C[C@]1(C)C#N.Cc1nn([C@@H]2C[C@]2(C)C#N)cc1Nc1ncc(C(F)(F)F)c(NC2(C)CC2)n1.Cc1nn([C@H]2C[C@@]2(C)C#N)cc1Nc1ncc(C(C)(F)F)c(NC2(C)CC2)n1. The highest BCUT2D eigenvalue weighted by molar-refractivity contribution is 9.10. The number of hydrogen-bond acceptors (Lipinski definition) is 30. The Kier molecular flexibility index (Phi) is 25.7. The molecule has 0 amide bonds. The summed E-state index contributed by atoms with van der Waals surface area (Å²) in [6.45, 7) is 26.1. The van der Waals surface area contributed by atoms with Crippen molar-refractivity contribution in [3.05, 3.63) is 117 Å². The zero-order valence-electron chi connectivity index (χ0n) is 76.2. The van der Waals surface area contributed by atoms with E-state index in [4.69, 9.17) is 0 Å². The molecular weight excluding hydrogens is 1810 g/mol. The van der Waals surface area contributed by atoms with E-state index < -0.39 is 40.3 Å². The Balaban J connectivity index is 0.000000134. The molecule has 0 aromatic carbocycles. The second-order valence-electron chi connectivity index (χ2n) is 37.9. The highest BCUT2D eigenvalue weighted by Gasteiger charge is 2.57. The lowest BCUT2D eigenvalue weighted by Gasteiger charge is -2.19. The third-order valence-corrected chi connectivity index (χ3v) is 26.1. The van der Waals surface area contributed by atoms with Crippen LogP contribution in [0.1, 0.15) is 254 Å². The molecule has 10 N–H and O–H groups in total. The highest BCUT2D eigenvalue weighted by atomic mass is 79.9. The van der Waals surface area contributed by atoms with E-state index in [1.807, 2.05) is 109 Å². The van der Waals surface area contributed by atoms with Gasteiger partial charge in [-0.15, -0.1) is 0 Å². The highest BCUT2D eigenvalue weighted by Crippen LogP contribution is 2.60. The quantitative estimate of drug-likeness (QED) is 0.0204. The molecule has 708 valence electrons. The third-order valence-electron chi connectivity index (χ3n) is 25.5. The summed E-state index contributed by atoms with van der Waals surface area (Å²) in [5.74, 6) is -6.57. The van der Waals surface area contributed by atoms with Crippen LogP contribution < -0.4 is 53.2 Å². The van der Waals surface area contributed by atoms with Gasteiger partial charge in [0, 0.05) is 113 Å². The summed E-state index contributed by atoms with van der Waals surface area (Å²) in [5, 5.41) is 98.9. The maximum atomic E-state index is 14.0. The predicted octanol–water partition coefficient (Wildman–Crippen LogP) is 20.3. The smallest absolute Gasteiger partial charge is 0.373 e. The van der Waals surface area contributed by atoms with Gasteiger partial charge >= 0.3 is 6.18 Å². The van der Waals surface area contributed by atoms with Gasteiger partial charge in [-0.05, 0) is 182 Å². The number of aromatic nitrogens is 20. The van der Waals surface area contributed by atoms with Crippen LogP contribution in [0.2, 0.25) is 0 Å². The molecule has 10 atom stereocenters. The first-order valence-corrected chi connectivity index (χ1v) is 44.5. The molecule has 45 heteroatoms. The topological polar surface area (TPSA) is 457 Å². The first-order chi connectivity index (χ1) is 62.5. The second-order valence-corrected chi connectivity index (χ2v) is 38.8. The van der Waals surface area contributed by atoms with Crippen LogP contribution >= 0.6 is 15.9 Å². The van der Waals surface area contributed by atoms with E-state index in [1.54, 1.807) is 41.9 Å². The average molecular weight is 1920 g/mol. The molecule has 0 radical (unpaired) electrons. The van der Waals surface area contributed by atoms with E-state index in [9.17, 15) is 65.8 Å². The molecule has 0 spiro atoms. The number of nitriles is 5.